The fourth-order valence-electron chi connectivity index (χ4n) is 3.64. The van der Waals surface area contributed by atoms with Crippen molar-refractivity contribution in [3.8, 4) is 17.2 Å². The standard InChI is InChI=1S/C26H23NO5/c1-29-21-15-19(16-22(30-2)25(21)31-3)26(28)32-24(18-10-5-4-6-11-18)23-20-12-8-7-9-17(20)13-14-27-23/h4-16,24H,1-3H3. The van der Waals surface area contributed by atoms with Crippen LogP contribution in [0, 0.1) is 0 Å². The van der Waals surface area contributed by atoms with Gasteiger partial charge in [-0.2, -0.15) is 0 Å². The summed E-state index contributed by atoms with van der Waals surface area (Å²) in [5.41, 5.74) is 1.76. The van der Waals surface area contributed by atoms with Gasteiger partial charge in [0.1, 0.15) is 0 Å². The van der Waals surface area contributed by atoms with E-state index in [0.717, 1.165) is 16.3 Å². The molecule has 1 atom stereocenters. The van der Waals surface area contributed by atoms with Crippen LogP contribution < -0.4 is 14.2 Å². The summed E-state index contributed by atoms with van der Waals surface area (Å²) >= 11 is 0. The highest BCUT2D eigenvalue weighted by Gasteiger charge is 2.25. The van der Waals surface area contributed by atoms with Crippen LogP contribution in [0.4, 0.5) is 0 Å². The van der Waals surface area contributed by atoms with Gasteiger partial charge in [-0.15, -0.1) is 0 Å². The number of rotatable bonds is 7. The zero-order chi connectivity index (χ0) is 22.5. The van der Waals surface area contributed by atoms with Crippen molar-refractivity contribution < 1.29 is 23.7 Å². The molecule has 0 saturated heterocycles. The molecule has 0 saturated carbocycles. The number of hydrogen-bond donors (Lipinski definition) is 0. The van der Waals surface area contributed by atoms with Gasteiger partial charge in [0, 0.05) is 11.6 Å². The molecule has 4 aromatic rings. The molecule has 3 aromatic carbocycles. The van der Waals surface area contributed by atoms with Crippen molar-refractivity contribution in [1.82, 2.24) is 4.98 Å². The highest BCUT2D eigenvalue weighted by molar-refractivity contribution is 5.92. The van der Waals surface area contributed by atoms with E-state index < -0.39 is 12.1 Å². The van der Waals surface area contributed by atoms with Gasteiger partial charge in [-0.05, 0) is 29.1 Å². The van der Waals surface area contributed by atoms with Crippen LogP contribution in [-0.4, -0.2) is 32.3 Å². The van der Waals surface area contributed by atoms with Crippen LogP contribution in [0.3, 0.4) is 0 Å². The molecule has 32 heavy (non-hydrogen) atoms. The Morgan fingerprint density at radius 1 is 0.812 bits per heavy atom. The lowest BCUT2D eigenvalue weighted by Gasteiger charge is -2.20. The number of esters is 1. The number of nitrogens with zero attached hydrogens (tertiary/aromatic N) is 1. The molecular formula is C26H23NO5. The third-order valence-electron chi connectivity index (χ3n) is 5.18. The van der Waals surface area contributed by atoms with Gasteiger partial charge in [-0.1, -0.05) is 54.6 Å². The van der Waals surface area contributed by atoms with E-state index in [4.69, 9.17) is 18.9 Å². The molecule has 0 aliphatic carbocycles. The van der Waals surface area contributed by atoms with Gasteiger partial charge in [0.2, 0.25) is 5.75 Å². The monoisotopic (exact) mass is 429 g/mol. The van der Waals surface area contributed by atoms with Crippen molar-refractivity contribution >= 4 is 16.7 Å². The first kappa shape index (κ1) is 21.2. The Hall–Kier alpha value is -4.06. The molecule has 6 nitrogen and oxygen atoms in total. The molecule has 0 N–H and O–H groups in total. The van der Waals surface area contributed by atoms with Gasteiger partial charge in [-0.25, -0.2) is 4.79 Å². The maximum Gasteiger partial charge on any atom is 0.339 e. The molecule has 0 bridgehead atoms. The third-order valence-corrected chi connectivity index (χ3v) is 5.18. The van der Waals surface area contributed by atoms with E-state index in [1.165, 1.54) is 21.3 Å². The molecule has 0 aliphatic heterocycles. The Labute approximate surface area is 186 Å². The average Bonchev–Trinajstić information content (AvgIpc) is 2.86. The Bertz CT molecular complexity index is 1210. The molecule has 162 valence electrons. The molecule has 1 unspecified atom stereocenters. The Kier molecular flexibility index (Phi) is 6.22. The summed E-state index contributed by atoms with van der Waals surface area (Å²) in [6.07, 6.45) is 1.02. The lowest BCUT2D eigenvalue weighted by molar-refractivity contribution is 0.0372. The van der Waals surface area contributed by atoms with Gasteiger partial charge in [0.05, 0.1) is 32.6 Å². The minimum absolute atomic E-state index is 0.278. The van der Waals surface area contributed by atoms with E-state index in [2.05, 4.69) is 4.98 Å². The number of benzene rings is 3. The molecule has 0 fully saturated rings. The van der Waals surface area contributed by atoms with E-state index in [-0.39, 0.29) is 5.56 Å². The molecule has 0 aliphatic rings. The minimum atomic E-state index is -0.700. The number of methoxy groups -OCH3 is 3. The Morgan fingerprint density at radius 2 is 1.47 bits per heavy atom. The second-order valence-electron chi connectivity index (χ2n) is 7.03. The maximum atomic E-state index is 13.3. The lowest BCUT2D eigenvalue weighted by atomic mass is 10.0. The summed E-state index contributed by atoms with van der Waals surface area (Å²) in [6, 6.07) is 22.5. The number of aromatic nitrogens is 1. The van der Waals surface area contributed by atoms with Crippen LogP contribution in [0.15, 0.2) is 79.0 Å². The predicted octanol–water partition coefficient (Wildman–Crippen LogP) is 5.21. The zero-order valence-corrected chi connectivity index (χ0v) is 18.1. The van der Waals surface area contributed by atoms with Crippen LogP contribution in [0.1, 0.15) is 27.7 Å². The van der Waals surface area contributed by atoms with Crippen molar-refractivity contribution in [3.63, 3.8) is 0 Å². The lowest BCUT2D eigenvalue weighted by Crippen LogP contribution is -2.15. The van der Waals surface area contributed by atoms with Gasteiger partial charge in [0.25, 0.3) is 0 Å². The smallest absolute Gasteiger partial charge is 0.339 e. The number of hydrogen-bond acceptors (Lipinski definition) is 6. The van der Waals surface area contributed by atoms with E-state index in [1.54, 1.807) is 18.3 Å². The number of carbonyl (C=O) groups excluding carboxylic acids is 1. The quantitative estimate of drug-likeness (QED) is 0.376. The van der Waals surface area contributed by atoms with Gasteiger partial charge in [-0.3, -0.25) is 4.98 Å². The Balaban J connectivity index is 1.78. The molecule has 0 radical (unpaired) electrons. The minimum Gasteiger partial charge on any atom is -0.493 e. The van der Waals surface area contributed by atoms with E-state index >= 15 is 0 Å². The number of ether oxygens (including phenoxy) is 4. The van der Waals surface area contributed by atoms with Crippen LogP contribution in [0.25, 0.3) is 10.8 Å². The maximum absolute atomic E-state index is 13.3. The first-order chi connectivity index (χ1) is 15.7. The summed E-state index contributed by atoms with van der Waals surface area (Å²) in [4.78, 5) is 17.9. The molecule has 1 heterocycles. The number of pyridine rings is 1. The van der Waals surface area contributed by atoms with Gasteiger partial charge >= 0.3 is 5.97 Å². The van der Waals surface area contributed by atoms with E-state index in [9.17, 15) is 4.79 Å². The Morgan fingerprint density at radius 3 is 2.12 bits per heavy atom. The average molecular weight is 429 g/mol. The summed E-state index contributed by atoms with van der Waals surface area (Å²) in [7, 11) is 4.51. The third kappa shape index (κ3) is 4.07. The van der Waals surface area contributed by atoms with Crippen LogP contribution in [0.2, 0.25) is 0 Å². The fraction of sp³-hybridized carbons (Fsp3) is 0.154. The van der Waals surface area contributed by atoms with Crippen molar-refractivity contribution in [2.24, 2.45) is 0 Å². The van der Waals surface area contributed by atoms with Crippen LogP contribution >= 0.6 is 0 Å². The van der Waals surface area contributed by atoms with E-state index in [1.807, 2.05) is 60.7 Å². The van der Waals surface area contributed by atoms with Gasteiger partial charge < -0.3 is 18.9 Å². The van der Waals surface area contributed by atoms with E-state index in [0.29, 0.717) is 22.9 Å². The largest absolute Gasteiger partial charge is 0.493 e. The van der Waals surface area contributed by atoms with Crippen molar-refractivity contribution in [2.75, 3.05) is 21.3 Å². The number of carbonyl (C=O) groups is 1. The summed E-state index contributed by atoms with van der Waals surface area (Å²) < 4.78 is 22.1. The summed E-state index contributed by atoms with van der Waals surface area (Å²) in [5.74, 6) is 0.617. The first-order valence-corrected chi connectivity index (χ1v) is 10.1. The predicted molar refractivity (Wildman–Crippen MR) is 122 cm³/mol. The molecular weight excluding hydrogens is 406 g/mol. The molecule has 6 heteroatoms. The van der Waals surface area contributed by atoms with Crippen molar-refractivity contribution in [2.45, 2.75) is 6.10 Å². The van der Waals surface area contributed by atoms with Crippen LogP contribution in [-0.2, 0) is 4.74 Å². The summed E-state index contributed by atoms with van der Waals surface area (Å²) in [6.45, 7) is 0. The normalized spacial score (nSPS) is 11.6. The molecule has 0 spiro atoms. The second kappa shape index (κ2) is 9.39. The summed E-state index contributed by atoms with van der Waals surface area (Å²) in [5, 5.41) is 1.93. The van der Waals surface area contributed by atoms with Crippen molar-refractivity contribution in [1.29, 1.82) is 0 Å². The molecule has 4 rings (SSSR count). The fourth-order valence-corrected chi connectivity index (χ4v) is 3.64. The van der Waals surface area contributed by atoms with Crippen LogP contribution in [0.5, 0.6) is 17.2 Å². The topological polar surface area (TPSA) is 66.9 Å². The molecule has 0 amide bonds. The highest BCUT2D eigenvalue weighted by atomic mass is 16.5. The number of fused-ring (bicyclic) bond motifs is 1. The molecule has 1 aromatic heterocycles. The van der Waals surface area contributed by atoms with Crippen molar-refractivity contribution in [3.05, 3.63) is 95.8 Å². The SMILES string of the molecule is COc1cc(C(=O)OC(c2ccccc2)c2nccc3ccccc23)cc(OC)c1OC. The highest BCUT2D eigenvalue weighted by Crippen LogP contribution is 2.39. The van der Waals surface area contributed by atoms with Gasteiger partial charge in [0.15, 0.2) is 17.6 Å². The second-order valence-corrected chi connectivity index (χ2v) is 7.03. The zero-order valence-electron chi connectivity index (χ0n) is 18.1. The first-order valence-electron chi connectivity index (χ1n) is 10.1.